The second-order valence-electron chi connectivity index (χ2n) is 5.41. The van der Waals surface area contributed by atoms with Crippen LogP contribution >= 0.6 is 22.9 Å². The number of benzene rings is 1. The predicted octanol–water partition coefficient (Wildman–Crippen LogP) is 3.15. The molecule has 0 saturated heterocycles. The zero-order valence-corrected chi connectivity index (χ0v) is 14.7. The Morgan fingerprint density at radius 2 is 2.28 bits per heavy atom. The largest absolute Gasteiger partial charge is 0.478 e. The topological polar surface area (TPSA) is 88.4 Å². The Hall–Kier alpha value is -2.56. The van der Waals surface area contributed by atoms with E-state index in [4.69, 9.17) is 26.3 Å². The molecule has 0 unspecified atom stereocenters. The van der Waals surface area contributed by atoms with Crippen LogP contribution in [0.1, 0.15) is 18.1 Å². The number of thiophene rings is 1. The summed E-state index contributed by atoms with van der Waals surface area (Å²) in [6.45, 7) is 1.46. The highest BCUT2D eigenvalue weighted by Gasteiger charge is 2.32. The van der Waals surface area contributed by atoms with Gasteiger partial charge >= 0.3 is 5.97 Å². The lowest BCUT2D eigenvalue weighted by atomic mass is 10.1. The lowest BCUT2D eigenvalue weighted by Gasteiger charge is -2.15. The zero-order valence-electron chi connectivity index (χ0n) is 13.1. The van der Waals surface area contributed by atoms with Gasteiger partial charge in [-0.25, -0.2) is 4.79 Å². The average Bonchev–Trinajstić information content (AvgIpc) is 3.20. The van der Waals surface area contributed by atoms with Gasteiger partial charge in [-0.2, -0.15) is 5.26 Å². The number of carbonyl (C=O) groups is 2. The molecule has 6 nitrogen and oxygen atoms in total. The highest BCUT2D eigenvalue weighted by Crippen LogP contribution is 2.31. The fourth-order valence-electron chi connectivity index (χ4n) is 2.36. The van der Waals surface area contributed by atoms with E-state index in [1.807, 2.05) is 6.07 Å². The van der Waals surface area contributed by atoms with Crippen molar-refractivity contribution in [2.75, 3.05) is 5.32 Å². The number of carbonyl (C=O) groups excluding carboxylic acids is 2. The molecule has 1 amide bonds. The van der Waals surface area contributed by atoms with Gasteiger partial charge in [-0.1, -0.05) is 11.6 Å². The lowest BCUT2D eigenvalue weighted by Crippen LogP contribution is -2.35. The predicted molar refractivity (Wildman–Crippen MR) is 92.8 cm³/mol. The summed E-state index contributed by atoms with van der Waals surface area (Å²) in [6.07, 6.45) is -1.48. The fraction of sp³-hybridized carbons (Fsp3) is 0.235. The minimum absolute atomic E-state index is 0.340. The van der Waals surface area contributed by atoms with Crippen molar-refractivity contribution in [1.29, 1.82) is 5.26 Å². The van der Waals surface area contributed by atoms with E-state index in [2.05, 4.69) is 5.32 Å². The third-order valence-electron chi connectivity index (χ3n) is 3.64. The van der Waals surface area contributed by atoms with Gasteiger partial charge in [0, 0.05) is 11.4 Å². The molecule has 1 aromatic carbocycles. The molecule has 0 saturated carbocycles. The number of ether oxygens (including phenoxy) is 2. The van der Waals surface area contributed by atoms with Crippen LogP contribution in [0.25, 0.3) is 0 Å². The van der Waals surface area contributed by atoms with Crippen molar-refractivity contribution in [1.82, 2.24) is 0 Å². The van der Waals surface area contributed by atoms with Crippen LogP contribution in [0.15, 0.2) is 29.6 Å². The lowest BCUT2D eigenvalue weighted by molar-refractivity contribution is -0.159. The highest BCUT2D eigenvalue weighted by atomic mass is 35.5. The van der Waals surface area contributed by atoms with E-state index in [-0.39, 0.29) is 0 Å². The second kappa shape index (κ2) is 7.13. The fourth-order valence-corrected chi connectivity index (χ4v) is 3.29. The molecule has 8 heteroatoms. The average molecular weight is 377 g/mol. The van der Waals surface area contributed by atoms with Crippen LogP contribution in [0.5, 0.6) is 5.75 Å². The first-order valence-corrected chi connectivity index (χ1v) is 8.67. The summed E-state index contributed by atoms with van der Waals surface area (Å²) in [5.74, 6) is -0.548. The number of esters is 1. The minimum atomic E-state index is -1.02. The number of amides is 1. The van der Waals surface area contributed by atoms with Crippen molar-refractivity contribution in [3.05, 3.63) is 45.8 Å². The Bertz CT molecular complexity index is 874. The Kier molecular flexibility index (Phi) is 4.93. The molecule has 2 atom stereocenters. The third kappa shape index (κ3) is 3.76. The standard InChI is InChI=1S/C17H13ClN2O4S/c1-9(15(21)20-16-10(8-19)4-5-25-16)23-17(22)14-7-11-6-12(18)2-3-13(11)24-14/h2-6,9,14H,7H2,1H3,(H,20,21)/t9-,14-/m0/s1. The summed E-state index contributed by atoms with van der Waals surface area (Å²) < 4.78 is 10.7. The van der Waals surface area contributed by atoms with E-state index in [1.54, 1.807) is 29.6 Å². The number of anilines is 1. The summed E-state index contributed by atoms with van der Waals surface area (Å²) in [5.41, 5.74) is 1.19. The van der Waals surface area contributed by atoms with Crippen LogP contribution in [-0.4, -0.2) is 24.1 Å². The number of halogens is 1. The molecule has 1 aliphatic heterocycles. The van der Waals surface area contributed by atoms with E-state index >= 15 is 0 Å². The van der Waals surface area contributed by atoms with Crippen LogP contribution < -0.4 is 10.1 Å². The molecular weight excluding hydrogens is 364 g/mol. The molecule has 0 bridgehead atoms. The molecule has 0 aliphatic carbocycles. The first kappa shape index (κ1) is 17.3. The minimum Gasteiger partial charge on any atom is -0.478 e. The van der Waals surface area contributed by atoms with E-state index in [1.165, 1.54) is 18.3 Å². The van der Waals surface area contributed by atoms with E-state index in [0.29, 0.717) is 27.8 Å². The highest BCUT2D eigenvalue weighted by molar-refractivity contribution is 7.14. The summed E-state index contributed by atoms with van der Waals surface area (Å²) >= 11 is 7.15. The van der Waals surface area contributed by atoms with Gasteiger partial charge in [-0.05, 0) is 42.1 Å². The van der Waals surface area contributed by atoms with Crippen LogP contribution in [0, 0.1) is 11.3 Å². The first-order valence-electron chi connectivity index (χ1n) is 7.42. The number of hydrogen-bond donors (Lipinski definition) is 1. The van der Waals surface area contributed by atoms with Crippen molar-refractivity contribution in [2.24, 2.45) is 0 Å². The van der Waals surface area contributed by atoms with Gasteiger partial charge in [-0.15, -0.1) is 11.3 Å². The number of nitrogens with one attached hydrogen (secondary N) is 1. The first-order chi connectivity index (χ1) is 12.0. The van der Waals surface area contributed by atoms with Crippen LogP contribution in [0.4, 0.5) is 5.00 Å². The molecule has 3 rings (SSSR count). The van der Waals surface area contributed by atoms with Gasteiger partial charge in [-0.3, -0.25) is 4.79 Å². The number of nitriles is 1. The van der Waals surface area contributed by atoms with Gasteiger partial charge in [0.05, 0.1) is 5.56 Å². The smallest absolute Gasteiger partial charge is 0.348 e. The Morgan fingerprint density at radius 3 is 3.04 bits per heavy atom. The molecule has 0 radical (unpaired) electrons. The summed E-state index contributed by atoms with van der Waals surface area (Å²) in [6, 6.07) is 8.69. The molecular formula is C17H13ClN2O4S. The normalized spacial score (nSPS) is 16.3. The van der Waals surface area contributed by atoms with Crippen molar-refractivity contribution >= 4 is 39.8 Å². The molecule has 1 aliphatic rings. The molecule has 1 N–H and O–H groups in total. The maximum atomic E-state index is 12.2. The number of hydrogen-bond acceptors (Lipinski definition) is 6. The van der Waals surface area contributed by atoms with Crippen molar-refractivity contribution in [2.45, 2.75) is 25.6 Å². The Morgan fingerprint density at radius 1 is 1.48 bits per heavy atom. The quantitative estimate of drug-likeness (QED) is 0.828. The molecule has 0 spiro atoms. The van der Waals surface area contributed by atoms with Crippen LogP contribution in [-0.2, 0) is 20.7 Å². The van der Waals surface area contributed by atoms with E-state index < -0.39 is 24.1 Å². The van der Waals surface area contributed by atoms with Crippen molar-refractivity contribution in [3.63, 3.8) is 0 Å². The third-order valence-corrected chi connectivity index (χ3v) is 4.71. The van der Waals surface area contributed by atoms with E-state index in [9.17, 15) is 9.59 Å². The number of nitrogens with zero attached hydrogens (tertiary/aromatic N) is 1. The van der Waals surface area contributed by atoms with Gasteiger partial charge in [0.25, 0.3) is 5.91 Å². The molecule has 0 fully saturated rings. The van der Waals surface area contributed by atoms with Crippen molar-refractivity contribution in [3.8, 4) is 11.8 Å². The Balaban J connectivity index is 1.58. The molecule has 25 heavy (non-hydrogen) atoms. The number of rotatable bonds is 4. The second-order valence-corrected chi connectivity index (χ2v) is 6.76. The van der Waals surface area contributed by atoms with Gasteiger partial charge in [0.15, 0.2) is 12.2 Å². The van der Waals surface area contributed by atoms with Crippen LogP contribution in [0.3, 0.4) is 0 Å². The van der Waals surface area contributed by atoms with Gasteiger partial charge in [0.2, 0.25) is 0 Å². The molecule has 128 valence electrons. The Labute approximate surface area is 152 Å². The summed E-state index contributed by atoms with van der Waals surface area (Å²) in [5, 5.41) is 14.2. The maximum Gasteiger partial charge on any atom is 0.348 e. The van der Waals surface area contributed by atoms with E-state index in [0.717, 1.165) is 5.56 Å². The zero-order chi connectivity index (χ0) is 18.0. The molecule has 2 heterocycles. The number of fused-ring (bicyclic) bond motifs is 1. The monoisotopic (exact) mass is 376 g/mol. The van der Waals surface area contributed by atoms with Crippen molar-refractivity contribution < 1.29 is 19.1 Å². The maximum absolute atomic E-state index is 12.2. The summed E-state index contributed by atoms with van der Waals surface area (Å²) in [7, 11) is 0. The molecule has 1 aromatic heterocycles. The molecule has 2 aromatic rings. The van der Waals surface area contributed by atoms with Gasteiger partial charge < -0.3 is 14.8 Å². The van der Waals surface area contributed by atoms with Gasteiger partial charge in [0.1, 0.15) is 16.8 Å². The SMILES string of the molecule is C[C@H](OC(=O)[C@@H]1Cc2cc(Cl)ccc2O1)C(=O)Nc1sccc1C#N. The van der Waals surface area contributed by atoms with Crippen LogP contribution in [0.2, 0.25) is 5.02 Å². The summed E-state index contributed by atoms with van der Waals surface area (Å²) in [4.78, 5) is 24.4.